The number of nitrogens with zero attached hydrogens (tertiary/aromatic N) is 2. The number of aromatic nitrogens is 1. The van der Waals surface area contributed by atoms with Crippen molar-refractivity contribution in [2.24, 2.45) is 0 Å². The molecule has 1 aliphatic rings. The number of H-pyrrole nitrogens is 1. The number of aryl methyl sites for hydroxylation is 1. The summed E-state index contributed by atoms with van der Waals surface area (Å²) in [6.07, 6.45) is 2.11. The molecular weight excluding hydrogens is 341 g/mol. The largest absolute Gasteiger partial charge is 0.368 e. The number of aromatic amines is 1. The van der Waals surface area contributed by atoms with Crippen LogP contribution < -0.4 is 4.90 Å². The molecule has 4 rings (SSSR count). The van der Waals surface area contributed by atoms with Gasteiger partial charge in [-0.2, -0.15) is 0 Å². The van der Waals surface area contributed by atoms with E-state index in [0.29, 0.717) is 19.5 Å². The van der Waals surface area contributed by atoms with Crippen molar-refractivity contribution in [2.75, 3.05) is 31.1 Å². The Balaban J connectivity index is 1.42. The molecule has 0 aliphatic carbocycles. The number of nitrogens with one attached hydrogen (secondary N) is 1. The standard InChI is InChI=1S/C22H24FN3O/c1-15-4-3-5-21(16(15)2)25-8-10-26(11-9-25)22(27)12-17-14-24-20-7-6-18(23)13-19(17)20/h3-7,13-14,24H,8-12H2,1-2H3. The number of hydrogen-bond donors (Lipinski definition) is 1. The van der Waals surface area contributed by atoms with E-state index in [1.54, 1.807) is 6.07 Å². The molecule has 5 heteroatoms. The summed E-state index contributed by atoms with van der Waals surface area (Å²) < 4.78 is 13.5. The van der Waals surface area contributed by atoms with Crippen LogP contribution in [0.1, 0.15) is 16.7 Å². The zero-order chi connectivity index (χ0) is 19.0. The molecule has 140 valence electrons. The van der Waals surface area contributed by atoms with Crippen molar-refractivity contribution in [3.05, 3.63) is 65.1 Å². The average Bonchev–Trinajstić information content (AvgIpc) is 3.06. The Bertz CT molecular complexity index is 986. The smallest absolute Gasteiger partial charge is 0.227 e. The maximum Gasteiger partial charge on any atom is 0.227 e. The normalized spacial score (nSPS) is 14.8. The van der Waals surface area contributed by atoms with Gasteiger partial charge in [0.05, 0.1) is 6.42 Å². The van der Waals surface area contributed by atoms with Gasteiger partial charge in [0.2, 0.25) is 5.91 Å². The molecule has 4 nitrogen and oxygen atoms in total. The molecular formula is C22H24FN3O. The number of carbonyl (C=O) groups excluding carboxylic acids is 1. The first-order valence-corrected chi connectivity index (χ1v) is 9.37. The molecule has 1 aromatic heterocycles. The second-order valence-corrected chi connectivity index (χ2v) is 7.27. The van der Waals surface area contributed by atoms with E-state index in [1.165, 1.54) is 28.9 Å². The van der Waals surface area contributed by atoms with Crippen LogP contribution in [0.2, 0.25) is 0 Å². The Kier molecular flexibility index (Phi) is 4.60. The summed E-state index contributed by atoms with van der Waals surface area (Å²) in [5.41, 5.74) is 5.57. The topological polar surface area (TPSA) is 39.3 Å². The number of carbonyl (C=O) groups is 1. The van der Waals surface area contributed by atoms with Gasteiger partial charge in [0.1, 0.15) is 5.82 Å². The lowest BCUT2D eigenvalue weighted by Gasteiger charge is -2.37. The van der Waals surface area contributed by atoms with Crippen LogP contribution in [0.25, 0.3) is 10.9 Å². The van der Waals surface area contributed by atoms with E-state index in [4.69, 9.17) is 0 Å². The molecule has 1 N–H and O–H groups in total. The molecule has 2 heterocycles. The van der Waals surface area contributed by atoms with Gasteiger partial charge in [-0.25, -0.2) is 4.39 Å². The summed E-state index contributed by atoms with van der Waals surface area (Å²) in [4.78, 5) is 20.1. The summed E-state index contributed by atoms with van der Waals surface area (Å²) in [6, 6.07) is 11.0. The van der Waals surface area contributed by atoms with Crippen molar-refractivity contribution < 1.29 is 9.18 Å². The molecule has 1 aliphatic heterocycles. The van der Waals surface area contributed by atoms with Gasteiger partial charge in [-0.15, -0.1) is 0 Å². The highest BCUT2D eigenvalue weighted by molar-refractivity contribution is 5.89. The van der Waals surface area contributed by atoms with Crippen LogP contribution in [0.15, 0.2) is 42.6 Å². The molecule has 0 atom stereocenters. The molecule has 1 amide bonds. The van der Waals surface area contributed by atoms with E-state index in [1.807, 2.05) is 11.1 Å². The van der Waals surface area contributed by atoms with Gasteiger partial charge in [-0.05, 0) is 54.8 Å². The molecule has 1 saturated heterocycles. The lowest BCUT2D eigenvalue weighted by molar-refractivity contribution is -0.130. The molecule has 0 saturated carbocycles. The van der Waals surface area contributed by atoms with Crippen molar-refractivity contribution in [1.82, 2.24) is 9.88 Å². The predicted molar refractivity (Wildman–Crippen MR) is 107 cm³/mol. The highest BCUT2D eigenvalue weighted by atomic mass is 19.1. The van der Waals surface area contributed by atoms with E-state index in [0.717, 1.165) is 29.6 Å². The zero-order valence-electron chi connectivity index (χ0n) is 15.8. The highest BCUT2D eigenvalue weighted by Gasteiger charge is 2.23. The molecule has 0 unspecified atom stereocenters. The molecule has 3 aromatic rings. The van der Waals surface area contributed by atoms with E-state index < -0.39 is 0 Å². The van der Waals surface area contributed by atoms with Crippen molar-refractivity contribution in [2.45, 2.75) is 20.3 Å². The van der Waals surface area contributed by atoms with Crippen LogP contribution in [0.3, 0.4) is 0 Å². The Morgan fingerprint density at radius 2 is 1.89 bits per heavy atom. The maximum absolute atomic E-state index is 13.5. The van der Waals surface area contributed by atoms with Crippen LogP contribution >= 0.6 is 0 Å². The Hall–Kier alpha value is -2.82. The molecule has 2 aromatic carbocycles. The number of amides is 1. The third-order valence-electron chi connectivity index (χ3n) is 5.62. The number of anilines is 1. The fourth-order valence-corrected chi connectivity index (χ4v) is 3.85. The molecule has 1 fully saturated rings. The number of benzene rings is 2. The number of halogens is 1. The Morgan fingerprint density at radius 1 is 1.11 bits per heavy atom. The average molecular weight is 365 g/mol. The number of rotatable bonds is 3. The number of piperazine rings is 1. The second-order valence-electron chi connectivity index (χ2n) is 7.27. The second kappa shape index (κ2) is 7.06. The summed E-state index contributed by atoms with van der Waals surface area (Å²) in [5.74, 6) is -0.182. The first kappa shape index (κ1) is 17.6. The van der Waals surface area contributed by atoms with Gasteiger partial charge in [0.25, 0.3) is 0 Å². The fraction of sp³-hybridized carbons (Fsp3) is 0.318. The summed E-state index contributed by atoms with van der Waals surface area (Å²) >= 11 is 0. The van der Waals surface area contributed by atoms with Gasteiger partial charge in [0.15, 0.2) is 0 Å². The molecule has 27 heavy (non-hydrogen) atoms. The predicted octanol–water partition coefficient (Wildman–Crippen LogP) is 3.82. The zero-order valence-corrected chi connectivity index (χ0v) is 15.8. The van der Waals surface area contributed by atoms with E-state index in [9.17, 15) is 9.18 Å². The van der Waals surface area contributed by atoms with Crippen molar-refractivity contribution >= 4 is 22.5 Å². The third-order valence-corrected chi connectivity index (χ3v) is 5.62. The highest BCUT2D eigenvalue weighted by Crippen LogP contribution is 2.25. The summed E-state index contributed by atoms with van der Waals surface area (Å²) in [5, 5.41) is 0.789. The van der Waals surface area contributed by atoms with Gasteiger partial charge in [-0.3, -0.25) is 4.79 Å². The minimum atomic E-state index is -0.280. The van der Waals surface area contributed by atoms with Crippen molar-refractivity contribution in [1.29, 1.82) is 0 Å². The van der Waals surface area contributed by atoms with Gasteiger partial charge < -0.3 is 14.8 Å². The third kappa shape index (κ3) is 3.42. The first-order valence-electron chi connectivity index (χ1n) is 9.37. The molecule has 0 bridgehead atoms. The minimum Gasteiger partial charge on any atom is -0.368 e. The summed E-state index contributed by atoms with van der Waals surface area (Å²) in [6.45, 7) is 7.37. The maximum atomic E-state index is 13.5. The SMILES string of the molecule is Cc1cccc(N2CCN(C(=O)Cc3c[nH]c4ccc(F)cc34)CC2)c1C. The monoisotopic (exact) mass is 365 g/mol. The first-order chi connectivity index (χ1) is 13.0. The van der Waals surface area contributed by atoms with E-state index in [-0.39, 0.29) is 11.7 Å². The van der Waals surface area contributed by atoms with Gasteiger partial charge in [0, 0.05) is 49.0 Å². The molecule has 0 radical (unpaired) electrons. The molecule has 0 spiro atoms. The van der Waals surface area contributed by atoms with Gasteiger partial charge >= 0.3 is 0 Å². The van der Waals surface area contributed by atoms with Crippen LogP contribution in [0.4, 0.5) is 10.1 Å². The van der Waals surface area contributed by atoms with Crippen LogP contribution in [-0.4, -0.2) is 42.0 Å². The van der Waals surface area contributed by atoms with Crippen LogP contribution in [0.5, 0.6) is 0 Å². The van der Waals surface area contributed by atoms with E-state index in [2.05, 4.69) is 41.9 Å². The number of hydrogen-bond acceptors (Lipinski definition) is 2. The Labute approximate surface area is 158 Å². The minimum absolute atomic E-state index is 0.0979. The van der Waals surface area contributed by atoms with Crippen LogP contribution in [-0.2, 0) is 11.2 Å². The quantitative estimate of drug-likeness (QED) is 0.767. The lowest BCUT2D eigenvalue weighted by atomic mass is 10.1. The summed E-state index contributed by atoms with van der Waals surface area (Å²) in [7, 11) is 0. The lowest BCUT2D eigenvalue weighted by Crippen LogP contribution is -2.49. The van der Waals surface area contributed by atoms with Crippen molar-refractivity contribution in [3.8, 4) is 0 Å². The Morgan fingerprint density at radius 3 is 2.67 bits per heavy atom. The van der Waals surface area contributed by atoms with Crippen LogP contribution in [0, 0.1) is 19.7 Å². The van der Waals surface area contributed by atoms with Crippen molar-refractivity contribution in [3.63, 3.8) is 0 Å². The van der Waals surface area contributed by atoms with Gasteiger partial charge in [-0.1, -0.05) is 12.1 Å². The fourth-order valence-electron chi connectivity index (χ4n) is 3.85. The number of fused-ring (bicyclic) bond motifs is 1. The van der Waals surface area contributed by atoms with E-state index >= 15 is 0 Å².